The molecular weight excluding hydrogens is 548 g/mol. The van der Waals surface area contributed by atoms with Gasteiger partial charge in [-0.15, -0.1) is 0 Å². The summed E-state index contributed by atoms with van der Waals surface area (Å²) in [6.45, 7) is 0.960. The van der Waals surface area contributed by atoms with Crippen LogP contribution >= 0.6 is 11.6 Å². The van der Waals surface area contributed by atoms with Crippen molar-refractivity contribution < 1.29 is 18.0 Å². The Hall–Kier alpha value is -3.82. The van der Waals surface area contributed by atoms with Gasteiger partial charge >= 0.3 is 6.03 Å². The van der Waals surface area contributed by atoms with Gasteiger partial charge in [-0.1, -0.05) is 35.9 Å². The molecule has 206 valence electrons. The number of nitrogens with zero attached hydrogens (tertiary/aromatic N) is 2. The quantitative estimate of drug-likeness (QED) is 0.323. The normalized spacial score (nSPS) is 15.2. The molecule has 4 aromatic rings. The predicted octanol–water partition coefficient (Wildman–Crippen LogP) is 5.02. The topological polar surface area (TPSA) is 101 Å². The van der Waals surface area contributed by atoms with Crippen LogP contribution in [0.2, 0.25) is 5.02 Å². The van der Waals surface area contributed by atoms with Crippen LogP contribution in [0.25, 0.3) is 16.6 Å². The SMILES string of the molecule is CN1CCc2c(n(-c3ccc(CCNC(=O)NS(=O)(=O)c4ccc(Cl)cc4)cc3)c3cccc(C4CC4)c23)C1=O. The number of rotatable bonds is 7. The number of amides is 3. The highest BCUT2D eigenvalue weighted by molar-refractivity contribution is 7.90. The minimum atomic E-state index is -4.00. The Balaban J connectivity index is 1.18. The fourth-order valence-corrected chi connectivity index (χ4v) is 6.50. The van der Waals surface area contributed by atoms with Crippen LogP contribution in [0, 0.1) is 0 Å². The van der Waals surface area contributed by atoms with Crippen LogP contribution in [-0.4, -0.2) is 50.0 Å². The van der Waals surface area contributed by atoms with Crippen molar-refractivity contribution in [3.05, 3.63) is 94.1 Å². The summed E-state index contributed by atoms with van der Waals surface area (Å²) in [7, 11) is -2.15. The van der Waals surface area contributed by atoms with Gasteiger partial charge in [0.1, 0.15) is 5.69 Å². The van der Waals surface area contributed by atoms with Crippen LogP contribution in [0.15, 0.2) is 71.6 Å². The molecule has 10 heteroatoms. The molecule has 2 aliphatic rings. The second kappa shape index (κ2) is 10.3. The number of hydrogen-bond acceptors (Lipinski definition) is 4. The highest BCUT2D eigenvalue weighted by Crippen LogP contribution is 2.46. The Labute approximate surface area is 238 Å². The standard InChI is InChI=1S/C30H29ClN4O4S/c1-34-18-16-25-27-24(20-7-8-20)3-2-4-26(27)35(28(25)29(34)36)22-11-5-19(6-12-22)15-17-32-30(37)33-40(38,39)23-13-9-21(31)10-14-23/h2-6,9-14,20H,7-8,15-18H2,1H3,(H2,32,33,37). The molecule has 0 spiro atoms. The first kappa shape index (κ1) is 26.4. The predicted molar refractivity (Wildman–Crippen MR) is 155 cm³/mol. The zero-order valence-electron chi connectivity index (χ0n) is 22.0. The number of carbonyl (C=O) groups is 2. The van der Waals surface area contributed by atoms with Gasteiger partial charge in [-0.2, -0.15) is 0 Å². The van der Waals surface area contributed by atoms with E-state index in [1.54, 1.807) is 4.90 Å². The lowest BCUT2D eigenvalue weighted by Gasteiger charge is -2.24. The smallest absolute Gasteiger partial charge is 0.328 e. The molecule has 0 atom stereocenters. The molecule has 1 fully saturated rings. The van der Waals surface area contributed by atoms with E-state index >= 15 is 0 Å². The van der Waals surface area contributed by atoms with E-state index in [1.165, 1.54) is 48.1 Å². The van der Waals surface area contributed by atoms with E-state index in [1.807, 2.05) is 36.0 Å². The van der Waals surface area contributed by atoms with E-state index in [9.17, 15) is 18.0 Å². The summed E-state index contributed by atoms with van der Waals surface area (Å²) in [5.74, 6) is 0.610. The fraction of sp³-hybridized carbons (Fsp3) is 0.267. The molecule has 2 heterocycles. The second-order valence-electron chi connectivity index (χ2n) is 10.4. The third-order valence-corrected chi connectivity index (χ3v) is 9.23. The monoisotopic (exact) mass is 576 g/mol. The number of nitrogens with one attached hydrogen (secondary N) is 2. The van der Waals surface area contributed by atoms with Gasteiger partial charge < -0.3 is 14.8 Å². The molecule has 1 aliphatic carbocycles. The maximum atomic E-state index is 13.4. The second-order valence-corrected chi connectivity index (χ2v) is 12.5. The van der Waals surface area contributed by atoms with Crippen LogP contribution in [0.4, 0.5) is 4.79 Å². The molecule has 1 aromatic heterocycles. The van der Waals surface area contributed by atoms with Crippen molar-refractivity contribution in [2.45, 2.75) is 36.5 Å². The molecule has 1 saturated carbocycles. The number of halogens is 1. The van der Waals surface area contributed by atoms with Crippen molar-refractivity contribution >= 4 is 44.5 Å². The third kappa shape index (κ3) is 4.95. The maximum Gasteiger partial charge on any atom is 0.328 e. The van der Waals surface area contributed by atoms with Crippen molar-refractivity contribution in [3.8, 4) is 5.69 Å². The average Bonchev–Trinajstić information content (AvgIpc) is 3.72. The van der Waals surface area contributed by atoms with Gasteiger partial charge in [0.15, 0.2) is 0 Å². The van der Waals surface area contributed by atoms with E-state index in [0.29, 0.717) is 23.9 Å². The minimum absolute atomic E-state index is 0.0343. The third-order valence-electron chi connectivity index (χ3n) is 7.64. The average molecular weight is 577 g/mol. The summed E-state index contributed by atoms with van der Waals surface area (Å²) >= 11 is 5.81. The Morgan fingerprint density at radius 1 is 1.02 bits per heavy atom. The van der Waals surface area contributed by atoms with Gasteiger partial charge in [0.25, 0.3) is 15.9 Å². The van der Waals surface area contributed by atoms with E-state index in [4.69, 9.17) is 11.6 Å². The van der Waals surface area contributed by atoms with Gasteiger partial charge in [0.2, 0.25) is 0 Å². The number of hydrogen-bond donors (Lipinski definition) is 2. The minimum Gasteiger partial charge on any atom is -0.340 e. The molecule has 40 heavy (non-hydrogen) atoms. The highest BCUT2D eigenvalue weighted by Gasteiger charge is 2.34. The number of fused-ring (bicyclic) bond motifs is 3. The van der Waals surface area contributed by atoms with Crippen LogP contribution in [0.1, 0.15) is 45.9 Å². The Morgan fingerprint density at radius 3 is 2.45 bits per heavy atom. The van der Waals surface area contributed by atoms with Gasteiger partial charge in [-0.25, -0.2) is 17.9 Å². The lowest BCUT2D eigenvalue weighted by atomic mass is 9.97. The molecule has 0 radical (unpaired) electrons. The number of benzene rings is 3. The number of sulfonamides is 1. The van der Waals surface area contributed by atoms with Crippen LogP contribution in [-0.2, 0) is 22.9 Å². The van der Waals surface area contributed by atoms with Crippen LogP contribution in [0.5, 0.6) is 0 Å². The first-order valence-electron chi connectivity index (χ1n) is 13.3. The summed E-state index contributed by atoms with van der Waals surface area (Å²) in [4.78, 5) is 27.3. The molecule has 8 nitrogen and oxygen atoms in total. The van der Waals surface area contributed by atoms with Gasteiger partial charge in [-0.05, 0) is 90.8 Å². The van der Waals surface area contributed by atoms with E-state index in [0.717, 1.165) is 34.4 Å². The molecular formula is C30H29ClN4O4S. The zero-order chi connectivity index (χ0) is 28.0. The highest BCUT2D eigenvalue weighted by atomic mass is 35.5. The molecule has 0 unspecified atom stereocenters. The first-order valence-corrected chi connectivity index (χ1v) is 15.2. The van der Waals surface area contributed by atoms with Crippen molar-refractivity contribution in [2.75, 3.05) is 20.1 Å². The summed E-state index contributed by atoms with van der Waals surface area (Å²) < 4.78 is 28.9. The van der Waals surface area contributed by atoms with Gasteiger partial charge in [0, 0.05) is 36.2 Å². The molecule has 0 saturated heterocycles. The van der Waals surface area contributed by atoms with E-state index in [2.05, 4.69) is 28.1 Å². The van der Waals surface area contributed by atoms with Gasteiger partial charge in [0.05, 0.1) is 10.4 Å². The number of aromatic nitrogens is 1. The van der Waals surface area contributed by atoms with Crippen LogP contribution < -0.4 is 10.0 Å². The molecule has 6 rings (SSSR count). The largest absolute Gasteiger partial charge is 0.340 e. The Bertz CT molecular complexity index is 1730. The van der Waals surface area contributed by atoms with Gasteiger partial charge in [-0.3, -0.25) is 4.79 Å². The van der Waals surface area contributed by atoms with Crippen LogP contribution in [0.3, 0.4) is 0 Å². The lowest BCUT2D eigenvalue weighted by molar-refractivity contribution is 0.0773. The Morgan fingerprint density at radius 2 is 1.75 bits per heavy atom. The summed E-state index contributed by atoms with van der Waals surface area (Å²) in [5.41, 5.74) is 6.18. The summed E-state index contributed by atoms with van der Waals surface area (Å²) in [5, 5.41) is 4.23. The summed E-state index contributed by atoms with van der Waals surface area (Å²) in [6.07, 6.45) is 3.73. The van der Waals surface area contributed by atoms with Crippen molar-refractivity contribution in [1.29, 1.82) is 0 Å². The van der Waals surface area contributed by atoms with Crippen molar-refractivity contribution in [2.24, 2.45) is 0 Å². The fourth-order valence-electron chi connectivity index (χ4n) is 5.44. The summed E-state index contributed by atoms with van der Waals surface area (Å²) in [6, 6.07) is 19.1. The molecule has 3 amide bonds. The number of likely N-dealkylation sites (N-methyl/N-ethyl adjacent to an activating group) is 1. The first-order chi connectivity index (χ1) is 19.2. The van der Waals surface area contributed by atoms with Crippen molar-refractivity contribution in [3.63, 3.8) is 0 Å². The molecule has 2 N–H and O–H groups in total. The Kier molecular flexibility index (Phi) is 6.80. The number of carbonyl (C=O) groups excluding carboxylic acids is 2. The molecule has 0 bridgehead atoms. The zero-order valence-corrected chi connectivity index (χ0v) is 23.6. The van der Waals surface area contributed by atoms with E-state index < -0.39 is 16.1 Å². The maximum absolute atomic E-state index is 13.4. The molecule has 1 aliphatic heterocycles. The van der Waals surface area contributed by atoms with E-state index in [-0.39, 0.29) is 17.3 Å². The lowest BCUT2D eigenvalue weighted by Crippen LogP contribution is -2.40. The number of urea groups is 1. The molecule has 3 aromatic carbocycles. The van der Waals surface area contributed by atoms with Crippen molar-refractivity contribution in [1.82, 2.24) is 19.5 Å².